The Morgan fingerprint density at radius 3 is 2.47 bits per heavy atom. The monoisotopic (exact) mass is 462 g/mol. The van der Waals surface area contributed by atoms with Gasteiger partial charge in [0.2, 0.25) is 0 Å². The number of hydrogen-bond acceptors (Lipinski definition) is 3. The van der Waals surface area contributed by atoms with Gasteiger partial charge in [-0.2, -0.15) is 13.5 Å². The Labute approximate surface area is 184 Å². The molecule has 1 aliphatic rings. The molecule has 5 nitrogen and oxygen atoms in total. The standard InChI is InChI=1S/C23H21F3N2O3S/c24-17-7-5-15(6-8-17)13-16-3-1-2-4-19-21(11-12-32(29,30)31)27-28(23(16)19)22-10-9-18(25)14-20(22)26/h5-12,14,16H,1-4,13H2,(H,29,30,31)/b12-11+. The second-order valence-corrected chi connectivity index (χ2v) is 9.15. The molecule has 32 heavy (non-hydrogen) atoms. The summed E-state index contributed by atoms with van der Waals surface area (Å²) in [5, 5.41) is 5.07. The van der Waals surface area contributed by atoms with Crippen LogP contribution in [0.15, 0.2) is 47.9 Å². The maximum absolute atomic E-state index is 14.7. The molecule has 1 aromatic heterocycles. The molecule has 0 saturated carbocycles. The molecular formula is C23H21F3N2O3S. The van der Waals surface area contributed by atoms with Gasteiger partial charge in [-0.15, -0.1) is 0 Å². The Balaban J connectivity index is 1.88. The molecule has 1 N–H and O–H groups in total. The van der Waals surface area contributed by atoms with Crippen molar-refractivity contribution in [2.24, 2.45) is 0 Å². The lowest BCUT2D eigenvalue weighted by molar-refractivity contribution is 0.494. The number of hydrogen-bond donors (Lipinski definition) is 1. The van der Waals surface area contributed by atoms with E-state index in [0.717, 1.165) is 42.5 Å². The summed E-state index contributed by atoms with van der Waals surface area (Å²) in [4.78, 5) is 0. The first-order chi connectivity index (χ1) is 15.2. The van der Waals surface area contributed by atoms with Crippen LogP contribution in [-0.2, 0) is 23.0 Å². The SMILES string of the molecule is O=S(=O)(O)/C=C/c1nn(-c2ccc(F)cc2F)c2c1CCCCC2Cc1ccc(F)cc1. The fourth-order valence-electron chi connectivity index (χ4n) is 4.21. The normalized spacial score (nSPS) is 16.8. The summed E-state index contributed by atoms with van der Waals surface area (Å²) in [7, 11) is -4.38. The maximum atomic E-state index is 14.7. The van der Waals surface area contributed by atoms with E-state index in [9.17, 15) is 21.6 Å². The highest BCUT2D eigenvalue weighted by molar-refractivity contribution is 7.88. The lowest BCUT2D eigenvalue weighted by Crippen LogP contribution is -2.12. The van der Waals surface area contributed by atoms with Gasteiger partial charge in [-0.05, 0) is 61.6 Å². The van der Waals surface area contributed by atoms with Crippen LogP contribution in [0.4, 0.5) is 13.2 Å². The summed E-state index contributed by atoms with van der Waals surface area (Å²) in [5.41, 5.74) is 2.68. The Morgan fingerprint density at radius 2 is 1.78 bits per heavy atom. The number of halogens is 3. The Morgan fingerprint density at radius 1 is 1.06 bits per heavy atom. The zero-order valence-corrected chi connectivity index (χ0v) is 17.8. The molecule has 0 saturated heterocycles. The van der Waals surface area contributed by atoms with Gasteiger partial charge in [-0.25, -0.2) is 17.9 Å². The zero-order chi connectivity index (χ0) is 22.9. The summed E-state index contributed by atoms with van der Waals surface area (Å²) >= 11 is 0. The first kappa shape index (κ1) is 22.3. The summed E-state index contributed by atoms with van der Waals surface area (Å²) in [5.74, 6) is -1.97. The molecule has 3 aromatic rings. The van der Waals surface area contributed by atoms with Gasteiger partial charge in [0, 0.05) is 17.5 Å². The van der Waals surface area contributed by atoms with E-state index in [1.165, 1.54) is 29.0 Å². The first-order valence-corrected chi connectivity index (χ1v) is 11.7. The highest BCUT2D eigenvalue weighted by atomic mass is 32.2. The van der Waals surface area contributed by atoms with E-state index in [4.69, 9.17) is 4.55 Å². The van der Waals surface area contributed by atoms with Crippen molar-refractivity contribution in [3.8, 4) is 5.69 Å². The number of benzene rings is 2. The summed E-state index contributed by atoms with van der Waals surface area (Å²) in [6.45, 7) is 0. The zero-order valence-electron chi connectivity index (χ0n) is 17.0. The van der Waals surface area contributed by atoms with Crippen LogP contribution in [0.25, 0.3) is 11.8 Å². The van der Waals surface area contributed by atoms with E-state index in [1.54, 1.807) is 12.1 Å². The van der Waals surface area contributed by atoms with Crippen LogP contribution in [0, 0.1) is 17.5 Å². The van der Waals surface area contributed by atoms with Crippen LogP contribution in [0.5, 0.6) is 0 Å². The van der Waals surface area contributed by atoms with Crippen molar-refractivity contribution < 1.29 is 26.1 Å². The lowest BCUT2D eigenvalue weighted by Gasteiger charge is -2.19. The van der Waals surface area contributed by atoms with Crippen molar-refractivity contribution in [3.63, 3.8) is 0 Å². The summed E-state index contributed by atoms with van der Waals surface area (Å²) < 4.78 is 74.6. The molecule has 0 radical (unpaired) electrons. The molecule has 0 aliphatic heterocycles. The molecule has 1 heterocycles. The molecule has 1 aliphatic carbocycles. The van der Waals surface area contributed by atoms with Crippen molar-refractivity contribution in [3.05, 3.63) is 87.8 Å². The van der Waals surface area contributed by atoms with Crippen LogP contribution in [0.3, 0.4) is 0 Å². The molecule has 0 amide bonds. The largest absolute Gasteiger partial charge is 0.287 e. The molecule has 0 fully saturated rings. The van der Waals surface area contributed by atoms with Crippen LogP contribution >= 0.6 is 0 Å². The van der Waals surface area contributed by atoms with Gasteiger partial charge in [0.25, 0.3) is 10.1 Å². The van der Waals surface area contributed by atoms with E-state index >= 15 is 0 Å². The average molecular weight is 462 g/mol. The fourth-order valence-corrected chi connectivity index (χ4v) is 4.51. The first-order valence-electron chi connectivity index (χ1n) is 10.2. The molecule has 1 unspecified atom stereocenters. The molecule has 4 rings (SSSR count). The highest BCUT2D eigenvalue weighted by Gasteiger charge is 2.28. The van der Waals surface area contributed by atoms with Crippen LogP contribution in [0.2, 0.25) is 0 Å². The van der Waals surface area contributed by atoms with E-state index in [1.807, 2.05) is 0 Å². The lowest BCUT2D eigenvalue weighted by atomic mass is 9.91. The van der Waals surface area contributed by atoms with Gasteiger partial charge >= 0.3 is 0 Å². The van der Waals surface area contributed by atoms with E-state index < -0.39 is 21.8 Å². The predicted molar refractivity (Wildman–Crippen MR) is 114 cm³/mol. The minimum absolute atomic E-state index is 0.0418. The maximum Gasteiger partial charge on any atom is 0.287 e. The summed E-state index contributed by atoms with van der Waals surface area (Å²) in [6, 6.07) is 9.33. The molecule has 0 spiro atoms. The van der Waals surface area contributed by atoms with Crippen LogP contribution in [-0.4, -0.2) is 22.8 Å². The molecule has 0 bridgehead atoms. The summed E-state index contributed by atoms with van der Waals surface area (Å²) in [6.07, 6.45) is 4.78. The van der Waals surface area contributed by atoms with Crippen molar-refractivity contribution in [2.75, 3.05) is 0 Å². The van der Waals surface area contributed by atoms with Crippen molar-refractivity contribution in [2.45, 2.75) is 38.0 Å². The third kappa shape index (κ3) is 4.94. The van der Waals surface area contributed by atoms with E-state index in [0.29, 0.717) is 29.6 Å². The van der Waals surface area contributed by atoms with Crippen LogP contribution in [0.1, 0.15) is 47.7 Å². The Bertz CT molecular complexity index is 1270. The average Bonchev–Trinajstić information content (AvgIpc) is 2.95. The Kier molecular flexibility index (Phi) is 6.21. The third-order valence-corrected chi connectivity index (χ3v) is 6.08. The van der Waals surface area contributed by atoms with Crippen molar-refractivity contribution in [1.82, 2.24) is 9.78 Å². The number of aromatic nitrogens is 2. The second kappa shape index (κ2) is 8.91. The third-order valence-electron chi connectivity index (χ3n) is 5.60. The Hall–Kier alpha value is -2.91. The molecule has 1 atom stereocenters. The highest BCUT2D eigenvalue weighted by Crippen LogP contribution is 2.37. The van der Waals surface area contributed by atoms with Crippen molar-refractivity contribution in [1.29, 1.82) is 0 Å². The van der Waals surface area contributed by atoms with Crippen molar-refractivity contribution >= 4 is 16.2 Å². The minimum atomic E-state index is -4.38. The van der Waals surface area contributed by atoms with Gasteiger partial charge in [-0.3, -0.25) is 4.55 Å². The topological polar surface area (TPSA) is 72.2 Å². The smallest absolute Gasteiger partial charge is 0.282 e. The van der Waals surface area contributed by atoms with E-state index in [-0.39, 0.29) is 17.4 Å². The van der Waals surface area contributed by atoms with Crippen LogP contribution < -0.4 is 0 Å². The molecular weight excluding hydrogens is 441 g/mol. The predicted octanol–water partition coefficient (Wildman–Crippen LogP) is 5.20. The van der Waals surface area contributed by atoms with Gasteiger partial charge in [0.15, 0.2) is 5.82 Å². The number of rotatable bonds is 5. The molecule has 9 heteroatoms. The quantitative estimate of drug-likeness (QED) is 0.418. The van der Waals surface area contributed by atoms with E-state index in [2.05, 4.69) is 5.10 Å². The van der Waals surface area contributed by atoms with Gasteiger partial charge in [0.05, 0.1) is 16.8 Å². The number of nitrogens with zero attached hydrogens (tertiary/aromatic N) is 2. The fraction of sp³-hybridized carbons (Fsp3) is 0.261. The number of fused-ring (bicyclic) bond motifs is 1. The molecule has 2 aromatic carbocycles. The van der Waals surface area contributed by atoms with Gasteiger partial charge in [0.1, 0.15) is 17.3 Å². The van der Waals surface area contributed by atoms with Gasteiger partial charge in [-0.1, -0.05) is 18.6 Å². The minimum Gasteiger partial charge on any atom is -0.282 e. The second-order valence-electron chi connectivity index (χ2n) is 7.85. The molecule has 168 valence electrons. The van der Waals surface area contributed by atoms with Gasteiger partial charge < -0.3 is 0 Å².